The fourth-order valence-corrected chi connectivity index (χ4v) is 5.25. The molecule has 0 saturated carbocycles. The van der Waals surface area contributed by atoms with Gasteiger partial charge in [0.15, 0.2) is 0 Å². The summed E-state index contributed by atoms with van der Waals surface area (Å²) >= 11 is 2.97. The number of nitro benzene ring substituents is 1. The number of thioether (sulfide) groups is 1. The Morgan fingerprint density at radius 2 is 1.91 bits per heavy atom. The Morgan fingerprint density at radius 1 is 1.09 bits per heavy atom. The van der Waals surface area contributed by atoms with Gasteiger partial charge in [0.1, 0.15) is 5.01 Å². The van der Waals surface area contributed by atoms with E-state index in [0.29, 0.717) is 11.4 Å². The molecule has 0 saturated heterocycles. The molecule has 4 rings (SSSR count). The lowest BCUT2D eigenvalue weighted by molar-refractivity contribution is -0.384. The van der Waals surface area contributed by atoms with Gasteiger partial charge in [-0.3, -0.25) is 14.8 Å². The van der Waals surface area contributed by atoms with E-state index >= 15 is 0 Å². The van der Waals surface area contributed by atoms with E-state index < -0.39 is 14.9 Å². The largest absolute Gasteiger partial charge is 0.284 e. The molecular formula is C22H18N4O4S3. The number of benzene rings is 2. The summed E-state index contributed by atoms with van der Waals surface area (Å²) in [5.41, 5.74) is 3.86. The van der Waals surface area contributed by atoms with Crippen LogP contribution in [0.1, 0.15) is 5.56 Å². The third-order valence-corrected chi connectivity index (χ3v) is 6.95. The molecule has 0 aliphatic heterocycles. The molecule has 1 N–H and O–H groups in total. The highest BCUT2D eigenvalue weighted by molar-refractivity contribution is 7.98. The Labute approximate surface area is 198 Å². The van der Waals surface area contributed by atoms with Crippen molar-refractivity contribution < 1.29 is 13.3 Å². The molecule has 168 valence electrons. The molecule has 4 aromatic rings. The standard InChI is InChI=1S/C22H18N4O4S3/c1-33(29,30)25-18-6-3-5-16(11-18)20-14-32-22(24-20)17-8-9-23-21(12-17)31-13-15-4-2-7-19(10-15)26(27)28/h2-12,14,25H,13H2,1H3. The van der Waals surface area contributed by atoms with Crippen molar-refractivity contribution in [1.82, 2.24) is 9.97 Å². The molecule has 0 aliphatic carbocycles. The highest BCUT2D eigenvalue weighted by atomic mass is 32.2. The molecule has 2 heterocycles. The van der Waals surface area contributed by atoms with Gasteiger partial charge in [0.05, 0.1) is 21.9 Å². The number of sulfonamides is 1. The van der Waals surface area contributed by atoms with Crippen LogP contribution in [0.3, 0.4) is 0 Å². The van der Waals surface area contributed by atoms with Crippen molar-refractivity contribution in [2.75, 3.05) is 11.0 Å². The minimum absolute atomic E-state index is 0.0703. The lowest BCUT2D eigenvalue weighted by Gasteiger charge is -2.05. The summed E-state index contributed by atoms with van der Waals surface area (Å²) in [7, 11) is -3.36. The maximum atomic E-state index is 11.5. The average molecular weight is 499 g/mol. The van der Waals surface area contributed by atoms with Gasteiger partial charge < -0.3 is 0 Å². The number of non-ortho nitro benzene ring substituents is 1. The molecule has 0 bridgehead atoms. The van der Waals surface area contributed by atoms with Crippen LogP contribution in [0.2, 0.25) is 0 Å². The Kier molecular flexibility index (Phi) is 6.72. The first kappa shape index (κ1) is 22.9. The molecule has 11 heteroatoms. The molecule has 0 radical (unpaired) electrons. The van der Waals surface area contributed by atoms with Gasteiger partial charge in [-0.2, -0.15) is 0 Å². The predicted molar refractivity (Wildman–Crippen MR) is 132 cm³/mol. The molecule has 2 aromatic carbocycles. The number of nitrogens with one attached hydrogen (secondary N) is 1. The topological polar surface area (TPSA) is 115 Å². The van der Waals surface area contributed by atoms with Crippen molar-refractivity contribution in [1.29, 1.82) is 0 Å². The molecule has 33 heavy (non-hydrogen) atoms. The van der Waals surface area contributed by atoms with Crippen molar-refractivity contribution >= 4 is 44.5 Å². The first-order chi connectivity index (χ1) is 15.8. The normalized spacial score (nSPS) is 11.3. The van der Waals surface area contributed by atoms with Crippen LogP contribution in [-0.4, -0.2) is 29.6 Å². The van der Waals surface area contributed by atoms with Crippen molar-refractivity contribution in [3.63, 3.8) is 0 Å². The van der Waals surface area contributed by atoms with Gasteiger partial charge in [-0.25, -0.2) is 18.4 Å². The zero-order chi connectivity index (χ0) is 23.4. The van der Waals surface area contributed by atoms with Gasteiger partial charge in [-0.05, 0) is 29.8 Å². The summed E-state index contributed by atoms with van der Waals surface area (Å²) in [5, 5.41) is 14.5. The van der Waals surface area contributed by atoms with Gasteiger partial charge in [-0.15, -0.1) is 23.1 Å². The monoisotopic (exact) mass is 498 g/mol. The Bertz CT molecular complexity index is 1420. The molecular weight excluding hydrogens is 480 g/mol. The number of anilines is 1. The average Bonchev–Trinajstić information content (AvgIpc) is 3.28. The maximum Gasteiger partial charge on any atom is 0.269 e. The van der Waals surface area contributed by atoms with Crippen LogP contribution in [0.25, 0.3) is 21.8 Å². The van der Waals surface area contributed by atoms with E-state index in [1.807, 2.05) is 29.6 Å². The Morgan fingerprint density at radius 3 is 2.70 bits per heavy atom. The lowest BCUT2D eigenvalue weighted by Crippen LogP contribution is -2.09. The summed E-state index contributed by atoms with van der Waals surface area (Å²) in [4.78, 5) is 19.7. The van der Waals surface area contributed by atoms with Crippen molar-refractivity contribution in [2.45, 2.75) is 10.8 Å². The summed E-state index contributed by atoms with van der Waals surface area (Å²) in [5.74, 6) is 0.557. The number of nitro groups is 1. The summed E-state index contributed by atoms with van der Waals surface area (Å²) in [6.07, 6.45) is 2.82. The summed E-state index contributed by atoms with van der Waals surface area (Å²) in [6, 6.07) is 17.5. The van der Waals surface area contributed by atoms with Crippen LogP contribution in [-0.2, 0) is 15.8 Å². The molecule has 0 aliphatic rings. The quantitative estimate of drug-likeness (QED) is 0.195. The van der Waals surface area contributed by atoms with Crippen molar-refractivity contribution in [2.24, 2.45) is 0 Å². The van der Waals surface area contributed by atoms with E-state index in [1.165, 1.54) is 29.2 Å². The number of hydrogen-bond donors (Lipinski definition) is 1. The van der Waals surface area contributed by atoms with Gasteiger partial charge in [0.2, 0.25) is 10.0 Å². The highest BCUT2D eigenvalue weighted by Crippen LogP contribution is 2.32. The van der Waals surface area contributed by atoms with Crippen LogP contribution in [0.15, 0.2) is 77.3 Å². The Balaban J connectivity index is 1.50. The second-order valence-corrected chi connectivity index (χ2v) is 10.7. The van der Waals surface area contributed by atoms with Crippen LogP contribution >= 0.6 is 23.1 Å². The molecule has 0 atom stereocenters. The second-order valence-electron chi connectivity index (χ2n) is 7.09. The molecule has 0 unspecified atom stereocenters. The summed E-state index contributed by atoms with van der Waals surface area (Å²) in [6.45, 7) is 0. The predicted octanol–water partition coefficient (Wildman–Crippen LogP) is 5.44. The smallest absolute Gasteiger partial charge is 0.269 e. The van der Waals surface area contributed by atoms with Gasteiger partial charge in [0, 0.05) is 46.3 Å². The van der Waals surface area contributed by atoms with Crippen molar-refractivity contribution in [3.8, 4) is 21.8 Å². The number of aromatic nitrogens is 2. The van der Waals surface area contributed by atoms with E-state index in [-0.39, 0.29) is 5.69 Å². The molecule has 0 spiro atoms. The molecule has 0 fully saturated rings. The Hall–Kier alpha value is -3.28. The number of hydrogen-bond acceptors (Lipinski definition) is 8. The number of thiazole rings is 1. The number of pyridine rings is 1. The number of nitrogens with zero attached hydrogens (tertiary/aromatic N) is 3. The van der Waals surface area contributed by atoms with Crippen LogP contribution < -0.4 is 4.72 Å². The SMILES string of the molecule is CS(=O)(=O)Nc1cccc(-c2csc(-c3ccnc(SCc4cccc([N+](=O)[O-])c4)c3)n2)c1. The summed E-state index contributed by atoms with van der Waals surface area (Å²) < 4.78 is 25.5. The fourth-order valence-electron chi connectivity index (χ4n) is 3.03. The van der Waals surface area contributed by atoms with E-state index in [2.05, 4.69) is 9.71 Å². The van der Waals surface area contributed by atoms with Gasteiger partial charge in [0.25, 0.3) is 5.69 Å². The zero-order valence-corrected chi connectivity index (χ0v) is 19.8. The maximum absolute atomic E-state index is 11.5. The lowest BCUT2D eigenvalue weighted by atomic mass is 10.1. The molecule has 0 amide bonds. The third kappa shape index (κ3) is 6.15. The third-order valence-electron chi connectivity index (χ3n) is 4.46. The molecule has 2 aromatic heterocycles. The first-order valence-electron chi connectivity index (χ1n) is 9.63. The van der Waals surface area contributed by atoms with E-state index in [9.17, 15) is 18.5 Å². The second kappa shape index (κ2) is 9.69. The van der Waals surface area contributed by atoms with Gasteiger partial charge >= 0.3 is 0 Å². The van der Waals surface area contributed by atoms with E-state index in [4.69, 9.17) is 4.98 Å². The minimum atomic E-state index is -3.36. The van der Waals surface area contributed by atoms with Gasteiger partial charge in [-0.1, -0.05) is 24.3 Å². The van der Waals surface area contributed by atoms with Crippen molar-refractivity contribution in [3.05, 3.63) is 87.9 Å². The fraction of sp³-hybridized carbons (Fsp3) is 0.0909. The van der Waals surface area contributed by atoms with Crippen LogP contribution in [0.5, 0.6) is 0 Å². The van der Waals surface area contributed by atoms with Crippen LogP contribution in [0.4, 0.5) is 11.4 Å². The van der Waals surface area contributed by atoms with Crippen LogP contribution in [0, 0.1) is 10.1 Å². The molecule has 8 nitrogen and oxygen atoms in total. The van der Waals surface area contributed by atoms with E-state index in [0.717, 1.165) is 38.7 Å². The zero-order valence-electron chi connectivity index (χ0n) is 17.3. The number of rotatable bonds is 8. The highest BCUT2D eigenvalue weighted by Gasteiger charge is 2.11. The first-order valence-corrected chi connectivity index (χ1v) is 13.4. The van der Waals surface area contributed by atoms with E-state index in [1.54, 1.807) is 36.5 Å². The minimum Gasteiger partial charge on any atom is -0.284 e.